The number of carbonyl (C=O) groups excluding carboxylic acids is 1. The first-order chi connectivity index (χ1) is 12.4. The van der Waals surface area contributed by atoms with Gasteiger partial charge in [-0.05, 0) is 24.3 Å². The highest BCUT2D eigenvalue weighted by atomic mass is 16.3. The van der Waals surface area contributed by atoms with Crippen LogP contribution in [0.25, 0.3) is 5.52 Å². The molecule has 26 heavy (non-hydrogen) atoms. The lowest BCUT2D eigenvalue weighted by Gasteiger charge is -2.39. The summed E-state index contributed by atoms with van der Waals surface area (Å²) in [6.07, 6.45) is 6.03. The Morgan fingerprint density at radius 1 is 1.19 bits per heavy atom. The summed E-state index contributed by atoms with van der Waals surface area (Å²) in [5.41, 5.74) is 1.96. The van der Waals surface area contributed by atoms with Gasteiger partial charge in [0, 0.05) is 12.3 Å². The molecule has 0 saturated carbocycles. The van der Waals surface area contributed by atoms with Crippen molar-refractivity contribution in [2.75, 3.05) is 45.2 Å². The van der Waals surface area contributed by atoms with Gasteiger partial charge in [-0.2, -0.15) is 0 Å². The molecule has 0 radical (unpaired) electrons. The number of aliphatic imine (C=N–C) groups is 1. The standard InChI is InChI=1S/C19H21N5O2/c1-24(2)11-9-22(10-12-24)19-18(16-5-3-4-8-23(16)21-19)20-15-7-6-14(25)13-17(15)26/h3-8,13H,9-12H2,1-2H3/p+1/b20-15+. The highest BCUT2D eigenvalue weighted by molar-refractivity contribution is 6.19. The summed E-state index contributed by atoms with van der Waals surface area (Å²) in [7, 11) is 4.46. The fraction of sp³-hybridized carbons (Fsp3) is 0.316. The molecule has 2 aromatic rings. The molecular weight excluding hydrogens is 330 g/mol. The third-order valence-corrected chi connectivity index (χ3v) is 4.93. The van der Waals surface area contributed by atoms with Crippen molar-refractivity contribution >= 4 is 28.5 Å². The Hall–Kier alpha value is -2.93. The number of anilines is 1. The molecule has 1 saturated heterocycles. The number of aliphatic hydroxyl groups is 1. The average molecular weight is 352 g/mol. The molecule has 3 heterocycles. The predicted octanol–water partition coefficient (Wildman–Crippen LogP) is 1.88. The van der Waals surface area contributed by atoms with Crippen LogP contribution in [0.5, 0.6) is 0 Å². The van der Waals surface area contributed by atoms with Gasteiger partial charge in [0.2, 0.25) is 0 Å². The van der Waals surface area contributed by atoms with Crippen LogP contribution in [0.3, 0.4) is 0 Å². The Morgan fingerprint density at radius 2 is 1.96 bits per heavy atom. The lowest BCUT2D eigenvalue weighted by Crippen LogP contribution is -2.55. The van der Waals surface area contributed by atoms with Gasteiger partial charge in [0.05, 0.1) is 45.8 Å². The molecule has 1 N–H and O–H groups in total. The van der Waals surface area contributed by atoms with Gasteiger partial charge >= 0.3 is 0 Å². The summed E-state index contributed by atoms with van der Waals surface area (Å²) in [5, 5.41) is 14.8. The third kappa shape index (κ3) is 3.01. The average Bonchev–Trinajstić information content (AvgIpc) is 2.96. The number of nitrogens with zero attached hydrogens (tertiary/aromatic N) is 5. The molecule has 2 aliphatic rings. The number of allylic oxidation sites excluding steroid dienone is 3. The fourth-order valence-corrected chi connectivity index (χ4v) is 3.23. The predicted molar refractivity (Wildman–Crippen MR) is 101 cm³/mol. The molecule has 1 aliphatic heterocycles. The third-order valence-electron chi connectivity index (χ3n) is 4.93. The summed E-state index contributed by atoms with van der Waals surface area (Å²) >= 11 is 0. The Morgan fingerprint density at radius 3 is 2.69 bits per heavy atom. The van der Waals surface area contributed by atoms with E-state index in [1.807, 2.05) is 28.9 Å². The molecule has 0 aromatic carbocycles. The lowest BCUT2D eigenvalue weighted by molar-refractivity contribution is -0.890. The number of hydrogen-bond donors (Lipinski definition) is 1. The highest BCUT2D eigenvalue weighted by Crippen LogP contribution is 2.34. The van der Waals surface area contributed by atoms with Gasteiger partial charge in [-0.3, -0.25) is 4.79 Å². The Balaban J connectivity index is 1.79. The molecule has 0 bridgehead atoms. The van der Waals surface area contributed by atoms with Gasteiger partial charge < -0.3 is 14.5 Å². The smallest absolute Gasteiger partial charge is 0.182 e. The van der Waals surface area contributed by atoms with Crippen LogP contribution in [-0.4, -0.2) is 71.0 Å². The maximum Gasteiger partial charge on any atom is 0.182 e. The van der Waals surface area contributed by atoms with Crippen LogP contribution < -0.4 is 4.90 Å². The zero-order chi connectivity index (χ0) is 18.3. The zero-order valence-electron chi connectivity index (χ0n) is 15.0. The summed E-state index contributed by atoms with van der Waals surface area (Å²) in [6.45, 7) is 3.85. The van der Waals surface area contributed by atoms with Gasteiger partial charge in [-0.15, -0.1) is 5.10 Å². The van der Waals surface area contributed by atoms with Crippen molar-refractivity contribution in [1.82, 2.24) is 9.61 Å². The molecular formula is C19H22N5O2+. The van der Waals surface area contributed by atoms with Crippen molar-refractivity contribution in [3.8, 4) is 0 Å². The molecule has 1 aliphatic carbocycles. The van der Waals surface area contributed by atoms with Crippen LogP contribution in [-0.2, 0) is 4.79 Å². The molecule has 134 valence electrons. The maximum atomic E-state index is 11.4. The van der Waals surface area contributed by atoms with E-state index in [0.717, 1.165) is 42.0 Å². The minimum atomic E-state index is -0.238. The van der Waals surface area contributed by atoms with Gasteiger partial charge in [0.1, 0.15) is 17.2 Å². The van der Waals surface area contributed by atoms with Crippen molar-refractivity contribution in [3.63, 3.8) is 0 Å². The first kappa shape index (κ1) is 16.5. The Labute approximate surface area is 151 Å². The number of quaternary nitrogens is 1. The van der Waals surface area contributed by atoms with E-state index in [-0.39, 0.29) is 11.5 Å². The van der Waals surface area contributed by atoms with Crippen molar-refractivity contribution in [1.29, 1.82) is 0 Å². The normalized spacial score (nSPS) is 21.5. The zero-order valence-corrected chi connectivity index (χ0v) is 15.0. The number of ketones is 1. The minimum Gasteiger partial charge on any atom is -0.506 e. The summed E-state index contributed by atoms with van der Waals surface area (Å²) in [6, 6.07) is 5.82. The lowest BCUT2D eigenvalue weighted by atomic mass is 10.1. The van der Waals surface area contributed by atoms with E-state index in [2.05, 4.69) is 24.0 Å². The van der Waals surface area contributed by atoms with E-state index >= 15 is 0 Å². The quantitative estimate of drug-likeness (QED) is 0.662. The molecule has 0 spiro atoms. The van der Waals surface area contributed by atoms with Gasteiger partial charge in [0.15, 0.2) is 11.6 Å². The second-order valence-electron chi connectivity index (χ2n) is 7.33. The van der Waals surface area contributed by atoms with Crippen LogP contribution in [0, 0.1) is 0 Å². The van der Waals surface area contributed by atoms with Gasteiger partial charge in [0.25, 0.3) is 0 Å². The largest absolute Gasteiger partial charge is 0.506 e. The summed E-state index contributed by atoms with van der Waals surface area (Å²) in [4.78, 5) is 18.3. The Bertz CT molecular complexity index is 957. The Kier molecular flexibility index (Phi) is 3.88. The molecule has 0 unspecified atom stereocenters. The van der Waals surface area contributed by atoms with Crippen LogP contribution in [0.4, 0.5) is 11.5 Å². The SMILES string of the molecule is C[N+]1(C)CCN(c2nn3ccccc3c2/N=C2\C=CC(=O)C=C2O)CC1. The molecule has 4 rings (SSSR count). The molecule has 7 heteroatoms. The van der Waals surface area contributed by atoms with Crippen molar-refractivity contribution in [2.24, 2.45) is 4.99 Å². The van der Waals surface area contributed by atoms with Crippen LogP contribution in [0.2, 0.25) is 0 Å². The van der Waals surface area contributed by atoms with E-state index in [1.54, 1.807) is 6.08 Å². The minimum absolute atomic E-state index is 0.116. The number of piperazine rings is 1. The second-order valence-corrected chi connectivity index (χ2v) is 7.33. The van der Waals surface area contributed by atoms with Gasteiger partial charge in [-0.25, -0.2) is 9.51 Å². The summed E-state index contributed by atoms with van der Waals surface area (Å²) in [5.74, 6) is 0.453. The maximum absolute atomic E-state index is 11.4. The van der Waals surface area contributed by atoms with E-state index in [1.165, 1.54) is 12.2 Å². The van der Waals surface area contributed by atoms with Crippen molar-refractivity contribution in [2.45, 2.75) is 0 Å². The molecule has 2 aromatic heterocycles. The van der Waals surface area contributed by atoms with Crippen LogP contribution in [0.15, 0.2) is 53.4 Å². The molecule has 0 atom stereocenters. The molecule has 7 nitrogen and oxygen atoms in total. The van der Waals surface area contributed by atoms with E-state index < -0.39 is 0 Å². The number of likely N-dealkylation sites (N-methyl/N-ethyl adjacent to an activating group) is 1. The number of aliphatic hydroxyl groups excluding tert-OH is 1. The van der Waals surface area contributed by atoms with Crippen LogP contribution >= 0.6 is 0 Å². The second kappa shape index (κ2) is 6.10. The number of carbonyl (C=O) groups is 1. The number of rotatable bonds is 2. The van der Waals surface area contributed by atoms with Crippen LogP contribution in [0.1, 0.15) is 0 Å². The first-order valence-electron chi connectivity index (χ1n) is 8.69. The summed E-state index contributed by atoms with van der Waals surface area (Å²) < 4.78 is 2.80. The van der Waals surface area contributed by atoms with E-state index in [4.69, 9.17) is 5.10 Å². The van der Waals surface area contributed by atoms with E-state index in [9.17, 15) is 9.90 Å². The number of hydrogen-bond acceptors (Lipinski definition) is 5. The topological polar surface area (TPSA) is 70.2 Å². The number of aromatic nitrogens is 2. The van der Waals surface area contributed by atoms with E-state index in [0.29, 0.717) is 11.4 Å². The van der Waals surface area contributed by atoms with Gasteiger partial charge in [-0.1, -0.05) is 6.07 Å². The monoisotopic (exact) mass is 352 g/mol. The number of fused-ring (bicyclic) bond motifs is 1. The van der Waals surface area contributed by atoms with Crippen molar-refractivity contribution < 1.29 is 14.4 Å². The number of pyridine rings is 1. The molecule has 0 amide bonds. The van der Waals surface area contributed by atoms with Crippen molar-refractivity contribution in [3.05, 3.63) is 48.4 Å². The fourth-order valence-electron chi connectivity index (χ4n) is 3.23. The highest BCUT2D eigenvalue weighted by Gasteiger charge is 2.28. The first-order valence-corrected chi connectivity index (χ1v) is 8.69. The molecule has 1 fully saturated rings.